The number of nitrogens with one attached hydrogen (secondary N) is 1. The van der Waals surface area contributed by atoms with E-state index in [0.717, 1.165) is 23.3 Å². The normalized spacial score (nSPS) is 16.4. The molecule has 1 unspecified atom stereocenters. The zero-order valence-corrected chi connectivity index (χ0v) is 18.5. The number of aromatic nitrogens is 2. The van der Waals surface area contributed by atoms with Crippen molar-refractivity contribution in [2.75, 3.05) is 19.0 Å². The summed E-state index contributed by atoms with van der Waals surface area (Å²) in [5.41, 5.74) is 2.17. The van der Waals surface area contributed by atoms with E-state index in [9.17, 15) is 9.59 Å². The van der Waals surface area contributed by atoms with E-state index in [0.29, 0.717) is 36.7 Å². The maximum atomic E-state index is 13.0. The fraction of sp³-hybridized carbons (Fsp3) is 0.375. The van der Waals surface area contributed by atoms with E-state index in [1.807, 2.05) is 50.3 Å². The van der Waals surface area contributed by atoms with Crippen molar-refractivity contribution in [3.05, 3.63) is 75.7 Å². The Labute approximate surface area is 182 Å². The van der Waals surface area contributed by atoms with Gasteiger partial charge in [0.15, 0.2) is 0 Å². The lowest BCUT2D eigenvalue weighted by Crippen LogP contribution is -2.31. The van der Waals surface area contributed by atoms with Crippen molar-refractivity contribution in [1.82, 2.24) is 9.55 Å². The number of hydrogen-bond acceptors (Lipinski definition) is 6. The van der Waals surface area contributed by atoms with Crippen LogP contribution in [0.1, 0.15) is 51.0 Å². The van der Waals surface area contributed by atoms with Crippen LogP contribution in [0.15, 0.2) is 58.7 Å². The van der Waals surface area contributed by atoms with Crippen molar-refractivity contribution in [3.8, 4) is 0 Å². The standard InChI is InChI=1S/C24H29N3O4/c1-5-16(3)22(17-10-8-7-9-11-17)31-18(6-2)14-25-19-15-26-21-13-12-20(24(29)30-4)27(21)23(19)28/h6-11,15,20,25H,5,12-14H2,1-4H3/b18-6-,22-16?. The molecule has 1 N–H and O–H groups in total. The number of rotatable bonds is 8. The average molecular weight is 424 g/mol. The Bertz CT molecular complexity index is 1050. The van der Waals surface area contributed by atoms with E-state index in [1.54, 1.807) is 0 Å². The van der Waals surface area contributed by atoms with Crippen LogP contribution < -0.4 is 10.9 Å². The van der Waals surface area contributed by atoms with Crippen LogP contribution >= 0.6 is 0 Å². The van der Waals surface area contributed by atoms with Gasteiger partial charge in [-0.3, -0.25) is 9.36 Å². The lowest BCUT2D eigenvalue weighted by molar-refractivity contribution is -0.144. The number of esters is 1. The van der Waals surface area contributed by atoms with E-state index in [4.69, 9.17) is 9.47 Å². The monoisotopic (exact) mass is 423 g/mol. The van der Waals surface area contributed by atoms with Crippen molar-refractivity contribution in [2.24, 2.45) is 0 Å². The minimum atomic E-state index is -0.626. The van der Waals surface area contributed by atoms with Gasteiger partial charge in [-0.25, -0.2) is 9.78 Å². The summed E-state index contributed by atoms with van der Waals surface area (Å²) in [7, 11) is 1.33. The minimum absolute atomic E-state index is 0.281. The Balaban J connectivity index is 1.79. The van der Waals surface area contributed by atoms with Gasteiger partial charge < -0.3 is 14.8 Å². The second kappa shape index (κ2) is 10.1. The molecule has 1 aromatic heterocycles. The predicted octanol–water partition coefficient (Wildman–Crippen LogP) is 4.08. The van der Waals surface area contributed by atoms with Gasteiger partial charge in [0, 0.05) is 12.0 Å². The van der Waals surface area contributed by atoms with Gasteiger partial charge >= 0.3 is 5.97 Å². The van der Waals surface area contributed by atoms with Crippen LogP contribution in [-0.4, -0.2) is 29.2 Å². The number of benzene rings is 1. The largest absolute Gasteiger partial charge is 0.467 e. The Kier molecular flexibility index (Phi) is 7.28. The highest BCUT2D eigenvalue weighted by Gasteiger charge is 2.31. The molecule has 1 aliphatic rings. The summed E-state index contributed by atoms with van der Waals surface area (Å²) in [6.45, 7) is 6.34. The Hall–Kier alpha value is -3.35. The van der Waals surface area contributed by atoms with Crippen molar-refractivity contribution in [1.29, 1.82) is 0 Å². The van der Waals surface area contributed by atoms with E-state index in [2.05, 4.69) is 17.2 Å². The highest BCUT2D eigenvalue weighted by atomic mass is 16.5. The lowest BCUT2D eigenvalue weighted by Gasteiger charge is -2.18. The smallest absolute Gasteiger partial charge is 0.329 e. The van der Waals surface area contributed by atoms with E-state index < -0.39 is 12.0 Å². The highest BCUT2D eigenvalue weighted by molar-refractivity contribution is 5.74. The average Bonchev–Trinajstić information content (AvgIpc) is 3.25. The molecule has 0 spiro atoms. The first kappa shape index (κ1) is 22.3. The molecular weight excluding hydrogens is 394 g/mol. The molecule has 0 aliphatic carbocycles. The number of carbonyl (C=O) groups excluding carboxylic acids is 1. The second-order valence-corrected chi connectivity index (χ2v) is 7.38. The number of fused-ring (bicyclic) bond motifs is 1. The third-order valence-electron chi connectivity index (χ3n) is 5.46. The molecule has 0 radical (unpaired) electrons. The first-order valence-electron chi connectivity index (χ1n) is 10.5. The van der Waals surface area contributed by atoms with Crippen molar-refractivity contribution < 1.29 is 14.3 Å². The molecule has 0 bridgehead atoms. The number of aryl methyl sites for hydroxylation is 1. The molecule has 0 saturated carbocycles. The molecule has 2 heterocycles. The number of anilines is 1. The molecule has 164 valence electrons. The van der Waals surface area contributed by atoms with Gasteiger partial charge in [-0.15, -0.1) is 0 Å². The number of ether oxygens (including phenoxy) is 2. The Morgan fingerprint density at radius 3 is 2.71 bits per heavy atom. The molecule has 3 rings (SSSR count). The van der Waals surface area contributed by atoms with Crippen molar-refractivity contribution >= 4 is 17.4 Å². The zero-order chi connectivity index (χ0) is 22.4. The number of nitrogens with zero attached hydrogens (tertiary/aromatic N) is 2. The number of allylic oxidation sites excluding steroid dienone is 2. The summed E-state index contributed by atoms with van der Waals surface area (Å²) in [6, 6.07) is 9.32. The molecule has 0 fully saturated rings. The molecule has 7 heteroatoms. The molecule has 2 aromatic rings. The molecule has 1 atom stereocenters. The van der Waals surface area contributed by atoms with Crippen LogP contribution in [0, 0.1) is 0 Å². The SMILES string of the molecule is C/C=C(/CNc1cnc2n(c1=O)C(C(=O)OC)CC2)OC(=C(C)CC)c1ccccc1. The van der Waals surface area contributed by atoms with E-state index in [-0.39, 0.29) is 5.56 Å². The minimum Gasteiger partial charge on any atom is -0.467 e. The highest BCUT2D eigenvalue weighted by Crippen LogP contribution is 2.26. The number of methoxy groups -OCH3 is 1. The van der Waals surface area contributed by atoms with Crippen LogP contribution in [0.4, 0.5) is 5.69 Å². The van der Waals surface area contributed by atoms with Crippen LogP contribution in [0.2, 0.25) is 0 Å². The topological polar surface area (TPSA) is 82.5 Å². The van der Waals surface area contributed by atoms with Crippen LogP contribution in [-0.2, 0) is 20.7 Å². The fourth-order valence-electron chi connectivity index (χ4n) is 3.54. The fourth-order valence-corrected chi connectivity index (χ4v) is 3.54. The molecule has 1 aliphatic heterocycles. The first-order valence-corrected chi connectivity index (χ1v) is 10.5. The molecule has 0 amide bonds. The third-order valence-corrected chi connectivity index (χ3v) is 5.46. The Morgan fingerprint density at radius 1 is 1.32 bits per heavy atom. The summed E-state index contributed by atoms with van der Waals surface area (Å²) >= 11 is 0. The third kappa shape index (κ3) is 4.87. The zero-order valence-electron chi connectivity index (χ0n) is 18.5. The van der Waals surface area contributed by atoms with Gasteiger partial charge in [-0.05, 0) is 38.3 Å². The summed E-state index contributed by atoms with van der Waals surface area (Å²) in [5, 5.41) is 3.12. The predicted molar refractivity (Wildman–Crippen MR) is 121 cm³/mol. The summed E-state index contributed by atoms with van der Waals surface area (Å²) in [4.78, 5) is 29.4. The van der Waals surface area contributed by atoms with Gasteiger partial charge in [-0.1, -0.05) is 37.3 Å². The van der Waals surface area contributed by atoms with Crippen molar-refractivity contribution in [2.45, 2.75) is 46.1 Å². The molecule has 31 heavy (non-hydrogen) atoms. The van der Waals surface area contributed by atoms with E-state index in [1.165, 1.54) is 17.9 Å². The van der Waals surface area contributed by atoms with Crippen LogP contribution in [0.25, 0.3) is 5.76 Å². The molecular formula is C24H29N3O4. The quantitative estimate of drug-likeness (QED) is 0.509. The van der Waals surface area contributed by atoms with Crippen molar-refractivity contribution in [3.63, 3.8) is 0 Å². The van der Waals surface area contributed by atoms with Crippen LogP contribution in [0.3, 0.4) is 0 Å². The maximum absolute atomic E-state index is 13.0. The lowest BCUT2D eigenvalue weighted by atomic mass is 10.1. The molecule has 7 nitrogen and oxygen atoms in total. The van der Waals surface area contributed by atoms with Crippen LogP contribution in [0.5, 0.6) is 0 Å². The Morgan fingerprint density at radius 2 is 2.06 bits per heavy atom. The maximum Gasteiger partial charge on any atom is 0.329 e. The first-order chi connectivity index (χ1) is 15.0. The summed E-state index contributed by atoms with van der Waals surface area (Å²) < 4.78 is 12.5. The van der Waals surface area contributed by atoms with Gasteiger partial charge in [0.05, 0.1) is 19.9 Å². The van der Waals surface area contributed by atoms with E-state index >= 15 is 0 Å². The van der Waals surface area contributed by atoms with Gasteiger partial charge in [0.25, 0.3) is 5.56 Å². The summed E-state index contributed by atoms with van der Waals surface area (Å²) in [5.74, 6) is 1.67. The number of carbonyl (C=O) groups is 1. The molecule has 0 saturated heterocycles. The number of hydrogen-bond donors (Lipinski definition) is 1. The summed E-state index contributed by atoms with van der Waals surface area (Å²) in [6.07, 6.45) is 5.34. The van der Waals surface area contributed by atoms with Gasteiger partial charge in [0.1, 0.15) is 29.1 Å². The molecule has 1 aromatic carbocycles. The van der Waals surface area contributed by atoms with Gasteiger partial charge in [0.2, 0.25) is 0 Å². The van der Waals surface area contributed by atoms with Gasteiger partial charge in [-0.2, -0.15) is 0 Å². The second-order valence-electron chi connectivity index (χ2n) is 7.38.